The average molecular weight is 415 g/mol. The molecule has 0 saturated heterocycles. The lowest BCUT2D eigenvalue weighted by Crippen LogP contribution is -2.14. The number of thiophene rings is 1. The number of amides is 1. The summed E-state index contributed by atoms with van der Waals surface area (Å²) >= 11 is 1.35. The molecule has 6 heteroatoms. The Hall–Kier alpha value is -3.25. The number of nitrogens with two attached hydrogens (primary N) is 1. The maximum atomic E-state index is 12.8. The topological polar surface area (TPSA) is 80.9 Å². The number of hydrogen-bond acceptors (Lipinski definition) is 5. The van der Waals surface area contributed by atoms with Crippen LogP contribution in [0.1, 0.15) is 44.4 Å². The van der Waals surface area contributed by atoms with Gasteiger partial charge in [0.1, 0.15) is 15.5 Å². The van der Waals surface area contributed by atoms with Gasteiger partial charge in [0.15, 0.2) is 0 Å². The predicted molar refractivity (Wildman–Crippen MR) is 122 cm³/mol. The molecule has 1 amide bonds. The number of benzene rings is 1. The summed E-state index contributed by atoms with van der Waals surface area (Å²) in [6, 6.07) is 16.5. The molecule has 1 atom stereocenters. The first-order valence-electron chi connectivity index (χ1n) is 10.1. The van der Waals surface area contributed by atoms with E-state index >= 15 is 0 Å². The van der Waals surface area contributed by atoms with Gasteiger partial charge in [0.25, 0.3) is 5.91 Å². The average Bonchev–Trinajstić information content (AvgIpc) is 3.09. The van der Waals surface area contributed by atoms with Crippen molar-refractivity contribution in [1.82, 2.24) is 9.97 Å². The second-order valence-electron chi connectivity index (χ2n) is 7.82. The Labute approximate surface area is 179 Å². The summed E-state index contributed by atoms with van der Waals surface area (Å²) in [6.45, 7) is 1.96. The molecule has 5 nitrogen and oxygen atoms in total. The van der Waals surface area contributed by atoms with E-state index in [9.17, 15) is 4.79 Å². The van der Waals surface area contributed by atoms with Gasteiger partial charge < -0.3 is 11.1 Å². The number of nitrogen functional groups attached to an aromatic ring is 1. The zero-order valence-corrected chi connectivity index (χ0v) is 17.5. The number of anilines is 2. The Morgan fingerprint density at radius 3 is 2.80 bits per heavy atom. The Balaban J connectivity index is 1.45. The highest BCUT2D eigenvalue weighted by atomic mass is 32.1. The monoisotopic (exact) mass is 414 g/mol. The third-order valence-electron chi connectivity index (χ3n) is 5.72. The molecule has 1 aliphatic rings. The molecule has 5 rings (SSSR count). The van der Waals surface area contributed by atoms with Crippen molar-refractivity contribution >= 4 is 39.0 Å². The van der Waals surface area contributed by atoms with Gasteiger partial charge in [0.05, 0.1) is 5.69 Å². The Morgan fingerprint density at radius 1 is 1.20 bits per heavy atom. The molecule has 3 heterocycles. The van der Waals surface area contributed by atoms with Gasteiger partial charge >= 0.3 is 0 Å². The van der Waals surface area contributed by atoms with Crippen molar-refractivity contribution in [2.45, 2.75) is 32.1 Å². The zero-order chi connectivity index (χ0) is 20.7. The molecule has 0 saturated carbocycles. The lowest BCUT2D eigenvalue weighted by atomic mass is 9.82. The summed E-state index contributed by atoms with van der Waals surface area (Å²) in [7, 11) is 0. The van der Waals surface area contributed by atoms with Crippen LogP contribution in [-0.4, -0.2) is 15.9 Å². The number of pyridine rings is 2. The van der Waals surface area contributed by atoms with E-state index in [1.807, 2.05) is 13.0 Å². The van der Waals surface area contributed by atoms with Gasteiger partial charge in [-0.25, -0.2) is 9.97 Å². The number of carbonyl (C=O) groups is 1. The Morgan fingerprint density at radius 2 is 2.03 bits per heavy atom. The first-order chi connectivity index (χ1) is 14.6. The molecule has 3 aromatic heterocycles. The van der Waals surface area contributed by atoms with E-state index in [4.69, 9.17) is 10.7 Å². The van der Waals surface area contributed by atoms with Crippen LogP contribution in [0.3, 0.4) is 0 Å². The fourth-order valence-corrected chi connectivity index (χ4v) is 5.08. The Bertz CT molecular complexity index is 1230. The number of nitrogens with one attached hydrogen (secondary N) is 1. The summed E-state index contributed by atoms with van der Waals surface area (Å²) in [5.74, 6) is 0.764. The van der Waals surface area contributed by atoms with Gasteiger partial charge in [0, 0.05) is 17.3 Å². The van der Waals surface area contributed by atoms with Crippen molar-refractivity contribution in [2.24, 2.45) is 0 Å². The number of fused-ring (bicyclic) bond motifs is 2. The predicted octanol–water partition coefficient (Wildman–Crippen LogP) is 5.11. The molecule has 0 bridgehead atoms. The van der Waals surface area contributed by atoms with E-state index in [2.05, 4.69) is 46.7 Å². The molecule has 4 aromatic rings. The third kappa shape index (κ3) is 3.44. The first kappa shape index (κ1) is 18.8. The first-order valence-corrected chi connectivity index (χ1v) is 10.9. The minimum atomic E-state index is -0.244. The summed E-state index contributed by atoms with van der Waals surface area (Å²) in [5, 5.41) is 3.71. The van der Waals surface area contributed by atoms with E-state index in [0.29, 0.717) is 22.3 Å². The molecule has 3 N–H and O–H groups in total. The highest BCUT2D eigenvalue weighted by Crippen LogP contribution is 2.38. The molecule has 30 heavy (non-hydrogen) atoms. The molecule has 150 valence electrons. The van der Waals surface area contributed by atoms with Crippen LogP contribution in [-0.2, 0) is 12.8 Å². The maximum Gasteiger partial charge on any atom is 0.269 e. The lowest BCUT2D eigenvalue weighted by Gasteiger charge is -2.24. The van der Waals surface area contributed by atoms with Crippen LogP contribution in [0, 0.1) is 6.92 Å². The number of aryl methyl sites for hydroxylation is 2. The zero-order valence-electron chi connectivity index (χ0n) is 16.7. The van der Waals surface area contributed by atoms with E-state index in [1.54, 1.807) is 12.3 Å². The van der Waals surface area contributed by atoms with Crippen LogP contribution in [0.2, 0.25) is 0 Å². The summed E-state index contributed by atoms with van der Waals surface area (Å²) in [5.41, 5.74) is 11.7. The molecule has 1 aromatic carbocycles. The van der Waals surface area contributed by atoms with Gasteiger partial charge in [-0.2, -0.15) is 0 Å². The largest absolute Gasteiger partial charge is 0.397 e. The van der Waals surface area contributed by atoms with Crippen molar-refractivity contribution in [1.29, 1.82) is 0 Å². The van der Waals surface area contributed by atoms with Gasteiger partial charge in [-0.1, -0.05) is 36.4 Å². The smallest absolute Gasteiger partial charge is 0.269 e. The van der Waals surface area contributed by atoms with Crippen molar-refractivity contribution in [3.8, 4) is 0 Å². The van der Waals surface area contributed by atoms with Crippen LogP contribution < -0.4 is 11.1 Å². The van der Waals surface area contributed by atoms with Crippen LogP contribution in [0.15, 0.2) is 54.7 Å². The lowest BCUT2D eigenvalue weighted by molar-refractivity contribution is 0.103. The van der Waals surface area contributed by atoms with E-state index < -0.39 is 0 Å². The minimum absolute atomic E-state index is 0.244. The molecule has 0 spiro atoms. The van der Waals surface area contributed by atoms with Gasteiger partial charge in [0.2, 0.25) is 0 Å². The maximum absolute atomic E-state index is 12.8. The van der Waals surface area contributed by atoms with Crippen LogP contribution >= 0.6 is 11.3 Å². The molecular weight excluding hydrogens is 392 g/mol. The van der Waals surface area contributed by atoms with Crippen LogP contribution in [0.5, 0.6) is 0 Å². The minimum Gasteiger partial charge on any atom is -0.397 e. The molecular formula is C24H22N4OS. The summed E-state index contributed by atoms with van der Waals surface area (Å²) in [6.07, 6.45) is 4.70. The van der Waals surface area contributed by atoms with Gasteiger partial charge in [-0.15, -0.1) is 11.3 Å². The van der Waals surface area contributed by atoms with Crippen LogP contribution in [0.25, 0.3) is 10.2 Å². The fraction of sp³-hybridized carbons (Fsp3) is 0.208. The van der Waals surface area contributed by atoms with Crippen LogP contribution in [0.4, 0.5) is 11.5 Å². The highest BCUT2D eigenvalue weighted by molar-refractivity contribution is 7.21. The second-order valence-corrected chi connectivity index (χ2v) is 8.82. The van der Waals surface area contributed by atoms with Crippen molar-refractivity contribution in [3.63, 3.8) is 0 Å². The molecule has 1 aliphatic carbocycles. The van der Waals surface area contributed by atoms with Gasteiger partial charge in [-0.05, 0) is 60.9 Å². The SMILES string of the molecule is Cc1ccc(NC(=O)c2sc3nc4c(cc3c2N)CC(c2ccccc2)CC4)nc1. The molecule has 0 radical (unpaired) electrons. The van der Waals surface area contributed by atoms with Crippen molar-refractivity contribution in [3.05, 3.63) is 82.0 Å². The van der Waals surface area contributed by atoms with E-state index in [0.717, 1.165) is 40.7 Å². The molecule has 1 unspecified atom stereocenters. The second kappa shape index (κ2) is 7.54. The normalized spacial score (nSPS) is 15.7. The standard InChI is InChI=1S/C24H22N4OS/c1-14-7-10-20(26-13-14)28-23(29)22-21(25)18-12-17-11-16(15-5-3-2-4-6-15)8-9-19(17)27-24(18)30-22/h2-7,10,12-13,16H,8-9,11,25H2,1H3,(H,26,28,29). The summed E-state index contributed by atoms with van der Waals surface area (Å²) in [4.78, 5) is 23.2. The van der Waals surface area contributed by atoms with E-state index in [1.165, 1.54) is 22.5 Å². The highest BCUT2D eigenvalue weighted by Gasteiger charge is 2.24. The van der Waals surface area contributed by atoms with E-state index in [-0.39, 0.29) is 5.91 Å². The number of hydrogen-bond donors (Lipinski definition) is 2. The summed E-state index contributed by atoms with van der Waals surface area (Å²) < 4.78 is 0. The van der Waals surface area contributed by atoms with Gasteiger partial charge in [-0.3, -0.25) is 4.79 Å². The van der Waals surface area contributed by atoms with Crippen molar-refractivity contribution < 1.29 is 4.79 Å². The fourth-order valence-electron chi connectivity index (χ4n) is 4.08. The van der Waals surface area contributed by atoms with Crippen molar-refractivity contribution in [2.75, 3.05) is 11.1 Å². The third-order valence-corrected chi connectivity index (χ3v) is 6.83. The quantitative estimate of drug-likeness (QED) is 0.488. The molecule has 0 fully saturated rings. The number of aromatic nitrogens is 2. The number of rotatable bonds is 3. The Kier molecular flexibility index (Phi) is 4.71. The number of carbonyl (C=O) groups excluding carboxylic acids is 1. The number of nitrogens with zero attached hydrogens (tertiary/aromatic N) is 2. The molecule has 0 aliphatic heterocycles.